The third-order valence-corrected chi connectivity index (χ3v) is 2.43. The molecule has 0 saturated carbocycles. The van der Waals surface area contributed by atoms with Crippen molar-refractivity contribution in [3.63, 3.8) is 0 Å². The van der Waals surface area contributed by atoms with Crippen molar-refractivity contribution in [3.8, 4) is 5.75 Å². The number of ether oxygens (including phenoxy) is 1. The molecule has 0 unspecified atom stereocenters. The van der Waals surface area contributed by atoms with Crippen LogP contribution in [-0.4, -0.2) is 23.6 Å². The largest absolute Gasteiger partial charge is 0.493 e. The molecule has 0 aliphatic rings. The van der Waals surface area contributed by atoms with Gasteiger partial charge in [0.05, 0.1) is 22.8 Å². The van der Waals surface area contributed by atoms with Crippen LogP contribution in [-0.2, 0) is 0 Å². The van der Waals surface area contributed by atoms with E-state index in [9.17, 15) is 9.90 Å². The fraction of sp³-hybridized carbons (Fsp3) is 0.417. The zero-order chi connectivity index (χ0) is 12.2. The van der Waals surface area contributed by atoms with Gasteiger partial charge in [-0.1, -0.05) is 17.7 Å². The molecule has 1 N–H and O–H groups in total. The molecule has 0 aliphatic heterocycles. The van der Waals surface area contributed by atoms with Crippen LogP contribution in [0.25, 0.3) is 0 Å². The summed E-state index contributed by atoms with van der Waals surface area (Å²) in [4.78, 5) is 10.8. The number of carbonyl (C=O) groups excluding carboxylic acids is 1. The Labute approximate surface area is 100.0 Å². The lowest BCUT2D eigenvalue weighted by atomic mass is 10.1. The Morgan fingerprint density at radius 3 is 2.75 bits per heavy atom. The van der Waals surface area contributed by atoms with E-state index in [-0.39, 0.29) is 0 Å². The van der Waals surface area contributed by atoms with Crippen LogP contribution in [0.4, 0.5) is 0 Å². The molecule has 0 radical (unpaired) electrons. The van der Waals surface area contributed by atoms with Crippen LogP contribution < -0.4 is 4.74 Å². The fourth-order valence-corrected chi connectivity index (χ4v) is 1.38. The first-order chi connectivity index (χ1) is 7.44. The van der Waals surface area contributed by atoms with E-state index in [1.54, 1.807) is 32.0 Å². The lowest BCUT2D eigenvalue weighted by Crippen LogP contribution is -2.22. The fourth-order valence-electron chi connectivity index (χ4n) is 1.17. The van der Waals surface area contributed by atoms with Gasteiger partial charge in [0.25, 0.3) is 0 Å². The molecule has 0 aliphatic carbocycles. The molecule has 0 bridgehead atoms. The summed E-state index contributed by atoms with van der Waals surface area (Å²) < 4.78 is 5.41. The first-order valence-electron chi connectivity index (χ1n) is 5.03. The average molecular weight is 243 g/mol. The smallest absolute Gasteiger partial charge is 0.155 e. The van der Waals surface area contributed by atoms with E-state index in [4.69, 9.17) is 16.3 Å². The van der Waals surface area contributed by atoms with Gasteiger partial charge in [0, 0.05) is 6.42 Å². The van der Waals surface area contributed by atoms with Crippen LogP contribution in [0.5, 0.6) is 5.75 Å². The van der Waals surface area contributed by atoms with Gasteiger partial charge in [-0.3, -0.25) is 4.79 Å². The number of rotatable bonds is 5. The molecule has 0 aromatic heterocycles. The Bertz CT molecular complexity index is 369. The molecule has 0 spiro atoms. The van der Waals surface area contributed by atoms with Gasteiger partial charge < -0.3 is 9.84 Å². The van der Waals surface area contributed by atoms with Crippen LogP contribution in [0.3, 0.4) is 0 Å². The summed E-state index contributed by atoms with van der Waals surface area (Å²) in [6, 6.07) is 5.03. The van der Waals surface area contributed by atoms with Crippen molar-refractivity contribution in [1.82, 2.24) is 0 Å². The second kappa shape index (κ2) is 5.32. The molecule has 1 aromatic carbocycles. The van der Waals surface area contributed by atoms with E-state index in [0.717, 1.165) is 0 Å². The quantitative estimate of drug-likeness (QED) is 0.808. The molecule has 0 atom stereocenters. The monoisotopic (exact) mass is 242 g/mol. The Morgan fingerprint density at radius 1 is 1.50 bits per heavy atom. The summed E-state index contributed by atoms with van der Waals surface area (Å²) in [6.45, 7) is 3.74. The molecular weight excluding hydrogens is 228 g/mol. The van der Waals surface area contributed by atoms with Crippen LogP contribution in [0, 0.1) is 0 Å². The molecule has 88 valence electrons. The van der Waals surface area contributed by atoms with E-state index in [1.807, 2.05) is 0 Å². The maximum absolute atomic E-state index is 10.8. The van der Waals surface area contributed by atoms with Crippen molar-refractivity contribution in [2.45, 2.75) is 25.9 Å². The first kappa shape index (κ1) is 13.0. The van der Waals surface area contributed by atoms with Gasteiger partial charge in [0.1, 0.15) is 5.75 Å². The molecule has 0 saturated heterocycles. The number of benzene rings is 1. The SMILES string of the molecule is CC(C)(O)CCOc1cccc(Cl)c1C=O. The van der Waals surface area contributed by atoms with Crippen LogP contribution in [0.1, 0.15) is 30.6 Å². The van der Waals surface area contributed by atoms with Crippen molar-refractivity contribution in [2.75, 3.05) is 6.61 Å². The van der Waals surface area contributed by atoms with Gasteiger partial charge >= 0.3 is 0 Å². The van der Waals surface area contributed by atoms with Crippen LogP contribution in [0.2, 0.25) is 5.02 Å². The van der Waals surface area contributed by atoms with Crippen LogP contribution >= 0.6 is 11.6 Å². The summed E-state index contributed by atoms with van der Waals surface area (Å²) in [5.41, 5.74) is -0.431. The molecule has 16 heavy (non-hydrogen) atoms. The summed E-state index contributed by atoms with van der Waals surface area (Å²) in [6.07, 6.45) is 1.15. The van der Waals surface area contributed by atoms with E-state index >= 15 is 0 Å². The maximum atomic E-state index is 10.8. The minimum absolute atomic E-state index is 0.338. The number of halogens is 1. The van der Waals surface area contributed by atoms with E-state index in [1.165, 1.54) is 0 Å². The third kappa shape index (κ3) is 3.83. The zero-order valence-electron chi connectivity index (χ0n) is 9.37. The van der Waals surface area contributed by atoms with Crippen molar-refractivity contribution >= 4 is 17.9 Å². The Balaban J connectivity index is 2.67. The highest BCUT2D eigenvalue weighted by atomic mass is 35.5. The topological polar surface area (TPSA) is 46.5 Å². The highest BCUT2D eigenvalue weighted by Crippen LogP contribution is 2.24. The second-order valence-electron chi connectivity index (χ2n) is 4.18. The van der Waals surface area contributed by atoms with Crippen LogP contribution in [0.15, 0.2) is 18.2 Å². The Kier molecular flexibility index (Phi) is 4.33. The number of aldehydes is 1. The first-order valence-corrected chi connectivity index (χ1v) is 5.41. The standard InChI is InChI=1S/C12H15ClO3/c1-12(2,15)6-7-16-11-5-3-4-10(13)9(11)8-14/h3-5,8,15H,6-7H2,1-2H3. The molecule has 0 amide bonds. The predicted octanol–water partition coefficient (Wildman–Crippen LogP) is 2.69. The summed E-state index contributed by atoms with van der Waals surface area (Å²) in [7, 11) is 0. The Morgan fingerprint density at radius 2 is 2.19 bits per heavy atom. The molecule has 0 heterocycles. The number of aliphatic hydroxyl groups is 1. The predicted molar refractivity (Wildman–Crippen MR) is 63.2 cm³/mol. The van der Waals surface area contributed by atoms with Gasteiger partial charge in [-0.15, -0.1) is 0 Å². The third-order valence-electron chi connectivity index (χ3n) is 2.10. The summed E-state index contributed by atoms with van der Waals surface area (Å²) >= 11 is 5.84. The molecule has 1 aromatic rings. The number of hydrogen-bond acceptors (Lipinski definition) is 3. The second-order valence-corrected chi connectivity index (χ2v) is 4.59. The van der Waals surface area contributed by atoms with Gasteiger partial charge in [0.2, 0.25) is 0 Å². The minimum atomic E-state index is -0.778. The number of carbonyl (C=O) groups is 1. The minimum Gasteiger partial charge on any atom is -0.493 e. The van der Waals surface area contributed by atoms with Gasteiger partial charge in [0.15, 0.2) is 6.29 Å². The normalized spacial score (nSPS) is 11.2. The molecular formula is C12H15ClO3. The highest BCUT2D eigenvalue weighted by molar-refractivity contribution is 6.33. The lowest BCUT2D eigenvalue weighted by Gasteiger charge is -2.17. The lowest BCUT2D eigenvalue weighted by molar-refractivity contribution is 0.0552. The number of hydrogen-bond donors (Lipinski definition) is 1. The molecule has 3 nitrogen and oxygen atoms in total. The van der Waals surface area contributed by atoms with E-state index in [2.05, 4.69) is 0 Å². The van der Waals surface area contributed by atoms with Gasteiger partial charge in [-0.05, 0) is 26.0 Å². The highest BCUT2D eigenvalue weighted by Gasteiger charge is 2.13. The van der Waals surface area contributed by atoms with Crippen molar-refractivity contribution < 1.29 is 14.6 Å². The van der Waals surface area contributed by atoms with Gasteiger partial charge in [-0.2, -0.15) is 0 Å². The van der Waals surface area contributed by atoms with Crippen molar-refractivity contribution in [3.05, 3.63) is 28.8 Å². The summed E-state index contributed by atoms with van der Waals surface area (Å²) in [5.74, 6) is 0.451. The van der Waals surface area contributed by atoms with E-state index in [0.29, 0.717) is 35.6 Å². The molecule has 0 fully saturated rings. The van der Waals surface area contributed by atoms with E-state index < -0.39 is 5.60 Å². The maximum Gasteiger partial charge on any atom is 0.155 e. The zero-order valence-corrected chi connectivity index (χ0v) is 10.1. The molecule has 1 rings (SSSR count). The van der Waals surface area contributed by atoms with Crippen molar-refractivity contribution in [2.24, 2.45) is 0 Å². The van der Waals surface area contributed by atoms with Gasteiger partial charge in [-0.25, -0.2) is 0 Å². The van der Waals surface area contributed by atoms with Crippen molar-refractivity contribution in [1.29, 1.82) is 0 Å². The molecule has 4 heteroatoms. The Hall–Kier alpha value is -1.06. The summed E-state index contributed by atoms with van der Waals surface area (Å²) in [5, 5.41) is 9.87. The average Bonchev–Trinajstić information content (AvgIpc) is 2.16.